The molecule has 0 amide bonds. The van der Waals surface area contributed by atoms with Crippen LogP contribution in [0.5, 0.6) is 0 Å². The summed E-state index contributed by atoms with van der Waals surface area (Å²) in [7, 11) is 0. The van der Waals surface area contributed by atoms with Crippen LogP contribution in [0.2, 0.25) is 0 Å². The molecule has 0 bridgehead atoms. The Kier molecular flexibility index (Phi) is 7.36. The Bertz CT molecular complexity index is 1380. The number of aromatic nitrogens is 1. The lowest BCUT2D eigenvalue weighted by Gasteiger charge is -2.17. The summed E-state index contributed by atoms with van der Waals surface area (Å²) in [6.07, 6.45) is 2.46. The van der Waals surface area contributed by atoms with Gasteiger partial charge in [0.2, 0.25) is 0 Å². The molecule has 1 aromatic heterocycles. The van der Waals surface area contributed by atoms with Gasteiger partial charge in [-0.15, -0.1) is 0 Å². The lowest BCUT2D eigenvalue weighted by atomic mass is 9.95. The summed E-state index contributed by atoms with van der Waals surface area (Å²) in [5, 5.41) is 23.4. The molecule has 4 rings (SSSR count). The van der Waals surface area contributed by atoms with Crippen LogP contribution in [0.4, 0.5) is 5.69 Å². The Balaban J connectivity index is 1.68. The average molecular weight is 485 g/mol. The highest BCUT2D eigenvalue weighted by atomic mass is 32.2. The van der Waals surface area contributed by atoms with Crippen molar-refractivity contribution in [3.05, 3.63) is 70.0 Å². The van der Waals surface area contributed by atoms with Crippen molar-refractivity contribution in [1.82, 2.24) is 10.4 Å². The zero-order valence-corrected chi connectivity index (χ0v) is 19.7. The van der Waals surface area contributed by atoms with Gasteiger partial charge in [0.15, 0.2) is 0 Å². The number of anilines is 1. The highest BCUT2D eigenvalue weighted by molar-refractivity contribution is 8.00. The fourth-order valence-corrected chi connectivity index (χ4v) is 5.01. The largest absolute Gasteiger partial charge is 0.372 e. The Hall–Kier alpha value is -4.25. The summed E-state index contributed by atoms with van der Waals surface area (Å²) in [5.41, 5.74) is 6.05. The molecule has 9 nitrogen and oxygen atoms in total. The summed E-state index contributed by atoms with van der Waals surface area (Å²) in [6.45, 7) is 2.19. The number of nitrogens with zero attached hydrogens (tertiary/aromatic N) is 4. The maximum atomic E-state index is 12.6. The Morgan fingerprint density at radius 3 is 2.11 bits per heavy atom. The molecule has 176 valence electrons. The molecule has 0 saturated carbocycles. The highest BCUT2D eigenvalue weighted by Crippen LogP contribution is 2.33. The van der Waals surface area contributed by atoms with E-state index in [4.69, 9.17) is 11.7 Å². The van der Waals surface area contributed by atoms with Gasteiger partial charge in [-0.05, 0) is 41.7 Å². The third-order valence-corrected chi connectivity index (χ3v) is 6.94. The lowest BCUT2D eigenvalue weighted by molar-refractivity contribution is 0.949. The molecule has 1 fully saturated rings. The normalized spacial score (nSPS) is 13.3. The van der Waals surface area contributed by atoms with Crippen molar-refractivity contribution in [3.8, 4) is 34.4 Å². The molecule has 0 aliphatic carbocycles. The molecule has 0 atom stereocenters. The van der Waals surface area contributed by atoms with Crippen molar-refractivity contribution in [3.63, 3.8) is 0 Å². The van der Waals surface area contributed by atoms with Gasteiger partial charge in [0.25, 0.3) is 5.56 Å². The van der Waals surface area contributed by atoms with Crippen LogP contribution in [0.25, 0.3) is 22.3 Å². The zero-order valence-electron chi connectivity index (χ0n) is 18.9. The first-order valence-corrected chi connectivity index (χ1v) is 12.0. The number of nitrogens with one attached hydrogen (secondary N) is 2. The van der Waals surface area contributed by atoms with E-state index in [-0.39, 0.29) is 22.7 Å². The number of amidine groups is 1. The minimum Gasteiger partial charge on any atom is -0.372 e. The number of H-pyrrole nitrogens is 1. The van der Waals surface area contributed by atoms with E-state index >= 15 is 0 Å². The quantitative estimate of drug-likeness (QED) is 0.137. The number of pyridine rings is 1. The first-order chi connectivity index (χ1) is 17.1. The van der Waals surface area contributed by atoms with Crippen LogP contribution in [0, 0.1) is 22.7 Å². The third-order valence-electron chi connectivity index (χ3n) is 5.93. The summed E-state index contributed by atoms with van der Waals surface area (Å²) >= 11 is 1.14. The number of rotatable bonds is 6. The number of hydrogen-bond acceptors (Lipinski definition) is 8. The van der Waals surface area contributed by atoms with Crippen LogP contribution in [0.3, 0.4) is 0 Å². The van der Waals surface area contributed by atoms with Crippen molar-refractivity contribution in [1.29, 1.82) is 10.5 Å². The summed E-state index contributed by atoms with van der Waals surface area (Å²) < 4.78 is 0. The van der Waals surface area contributed by atoms with Gasteiger partial charge in [-0.1, -0.05) is 48.2 Å². The molecule has 2 aromatic carbocycles. The Labute approximate surface area is 207 Å². The lowest BCUT2D eigenvalue weighted by Crippen LogP contribution is -2.33. The number of benzene rings is 2. The van der Waals surface area contributed by atoms with Gasteiger partial charge >= 0.3 is 0 Å². The standard InChI is InChI=1S/C25H24N8OS/c26-13-20-23(21(14-27)25(30-24(20)34)35-15-22(31-28)32-29)18-5-3-16(4-6-18)17-7-9-19(10-8-17)33-11-1-2-12-33/h3-10H,1-2,11-12,15,28-29H2,(H,30,34)(H,31,32). The van der Waals surface area contributed by atoms with Crippen LogP contribution in [-0.2, 0) is 0 Å². The molecule has 1 aliphatic rings. The molecular weight excluding hydrogens is 460 g/mol. The van der Waals surface area contributed by atoms with E-state index in [0.717, 1.165) is 36.0 Å². The Morgan fingerprint density at radius 1 is 1.00 bits per heavy atom. The van der Waals surface area contributed by atoms with Crippen LogP contribution in [0.15, 0.2) is 63.5 Å². The third kappa shape index (κ3) is 4.99. The fraction of sp³-hybridized carbons (Fsp3) is 0.200. The van der Waals surface area contributed by atoms with E-state index in [1.54, 1.807) is 0 Å². The van der Waals surface area contributed by atoms with Gasteiger partial charge in [-0.25, -0.2) is 5.84 Å². The van der Waals surface area contributed by atoms with Crippen molar-refractivity contribution >= 4 is 23.3 Å². The summed E-state index contributed by atoms with van der Waals surface area (Å²) in [4.78, 5) is 17.6. The van der Waals surface area contributed by atoms with E-state index in [1.807, 2.05) is 30.3 Å². The molecule has 0 spiro atoms. The molecule has 1 saturated heterocycles. The molecule has 10 heteroatoms. The second-order valence-electron chi connectivity index (χ2n) is 7.96. The van der Waals surface area contributed by atoms with Crippen molar-refractivity contribution < 1.29 is 0 Å². The molecule has 1 aliphatic heterocycles. The van der Waals surface area contributed by atoms with Crippen LogP contribution < -0.4 is 27.6 Å². The monoisotopic (exact) mass is 484 g/mol. The second-order valence-corrected chi connectivity index (χ2v) is 8.94. The minimum absolute atomic E-state index is 0.113. The summed E-state index contributed by atoms with van der Waals surface area (Å²) in [5.74, 6) is 11.1. The number of hydrazine groups is 1. The van der Waals surface area contributed by atoms with Gasteiger partial charge in [0.1, 0.15) is 23.5 Å². The number of nitrogens with two attached hydrogens (primary N) is 2. The molecule has 0 unspecified atom stereocenters. The predicted molar refractivity (Wildman–Crippen MR) is 138 cm³/mol. The maximum absolute atomic E-state index is 12.6. The van der Waals surface area contributed by atoms with E-state index in [9.17, 15) is 15.3 Å². The van der Waals surface area contributed by atoms with Crippen LogP contribution in [0.1, 0.15) is 24.0 Å². The summed E-state index contributed by atoms with van der Waals surface area (Å²) in [6, 6.07) is 20.0. The van der Waals surface area contributed by atoms with Gasteiger partial charge in [-0.3, -0.25) is 4.79 Å². The smallest absolute Gasteiger partial charge is 0.267 e. The van der Waals surface area contributed by atoms with Gasteiger partial charge in [0.05, 0.1) is 16.3 Å². The fourth-order valence-electron chi connectivity index (χ4n) is 4.12. The number of nitriles is 2. The number of aromatic amines is 1. The van der Waals surface area contributed by atoms with Crippen LogP contribution >= 0.6 is 11.8 Å². The van der Waals surface area contributed by atoms with Crippen molar-refractivity contribution in [2.24, 2.45) is 16.8 Å². The SMILES string of the molecule is N#Cc1c(SC/C(=N/N)NN)[nH]c(=O)c(C#N)c1-c1ccc(-c2ccc(N3CCCC3)cc2)cc1. The maximum Gasteiger partial charge on any atom is 0.267 e. The van der Waals surface area contributed by atoms with Gasteiger partial charge in [0, 0.05) is 24.3 Å². The van der Waals surface area contributed by atoms with Gasteiger partial charge in [-0.2, -0.15) is 15.6 Å². The van der Waals surface area contributed by atoms with Crippen molar-refractivity contribution in [2.75, 3.05) is 23.7 Å². The second kappa shape index (κ2) is 10.8. The number of hydrazone groups is 1. The first kappa shape index (κ1) is 23.9. The molecule has 2 heterocycles. The van der Waals surface area contributed by atoms with E-state index in [2.05, 4.69) is 50.7 Å². The van der Waals surface area contributed by atoms with E-state index < -0.39 is 5.56 Å². The molecule has 0 radical (unpaired) electrons. The number of hydrogen-bond donors (Lipinski definition) is 4. The minimum atomic E-state index is -0.572. The highest BCUT2D eigenvalue weighted by Gasteiger charge is 2.20. The number of thioether (sulfide) groups is 1. The van der Waals surface area contributed by atoms with Crippen LogP contribution in [-0.4, -0.2) is 29.7 Å². The molecular formula is C25H24N8OS. The van der Waals surface area contributed by atoms with E-state index in [0.29, 0.717) is 16.2 Å². The predicted octanol–water partition coefficient (Wildman–Crippen LogP) is 2.88. The average Bonchev–Trinajstić information content (AvgIpc) is 3.44. The molecule has 3 aromatic rings. The zero-order chi connectivity index (χ0) is 24.8. The Morgan fingerprint density at radius 2 is 1.57 bits per heavy atom. The molecule has 35 heavy (non-hydrogen) atoms. The topological polar surface area (TPSA) is 160 Å². The van der Waals surface area contributed by atoms with E-state index in [1.165, 1.54) is 18.5 Å². The van der Waals surface area contributed by atoms with Gasteiger partial charge < -0.3 is 21.2 Å². The first-order valence-electron chi connectivity index (χ1n) is 11.0. The van der Waals surface area contributed by atoms with Crippen molar-refractivity contribution in [2.45, 2.75) is 17.9 Å². The molecule has 6 N–H and O–H groups in total.